The molecule has 0 aliphatic carbocycles. The van der Waals surface area contributed by atoms with Crippen LogP contribution in [0.25, 0.3) is 11.4 Å². The van der Waals surface area contributed by atoms with E-state index in [-0.39, 0.29) is 10.5 Å². The topological polar surface area (TPSA) is 81.1 Å². The van der Waals surface area contributed by atoms with Crippen LogP contribution in [0.4, 0.5) is 11.4 Å². The zero-order chi connectivity index (χ0) is 23.5. The maximum absolute atomic E-state index is 13.4. The van der Waals surface area contributed by atoms with Crippen molar-refractivity contribution in [3.05, 3.63) is 98.0 Å². The van der Waals surface area contributed by atoms with Crippen molar-refractivity contribution in [3.63, 3.8) is 0 Å². The first-order valence-electron chi connectivity index (χ1n) is 9.89. The molecule has 0 amide bonds. The maximum atomic E-state index is 13.4. The zero-order valence-electron chi connectivity index (χ0n) is 17.8. The Hall–Kier alpha value is -3.56. The molecule has 166 valence electrons. The monoisotopic (exact) mass is 522 g/mol. The molecule has 1 aromatic heterocycles. The summed E-state index contributed by atoms with van der Waals surface area (Å²) in [5.74, 6) is 0.242. The van der Waals surface area contributed by atoms with Gasteiger partial charge in [0.05, 0.1) is 24.2 Å². The van der Waals surface area contributed by atoms with Gasteiger partial charge >= 0.3 is 0 Å². The summed E-state index contributed by atoms with van der Waals surface area (Å²) in [6.45, 7) is 1.89. The highest BCUT2D eigenvalue weighted by Gasteiger charge is 2.19. The molecule has 0 radical (unpaired) electrons. The standard InChI is InChI=1S/C24H19BrN4O3S/c1-15-5-3-4-6-20(15)26-27-21-22(30)28(17-9-7-16(25)8-10-17)24(33)29(23(21)31)18-11-13-19(32-2)14-12-18/h3-14,30H,1-2H3. The van der Waals surface area contributed by atoms with Crippen molar-refractivity contribution >= 4 is 39.5 Å². The summed E-state index contributed by atoms with van der Waals surface area (Å²) >= 11 is 9.04. The van der Waals surface area contributed by atoms with E-state index < -0.39 is 11.4 Å². The summed E-state index contributed by atoms with van der Waals surface area (Å²) in [6.07, 6.45) is 0. The Balaban J connectivity index is 2.00. The lowest BCUT2D eigenvalue weighted by Gasteiger charge is -2.16. The first-order valence-corrected chi connectivity index (χ1v) is 11.1. The number of benzene rings is 3. The van der Waals surface area contributed by atoms with Gasteiger partial charge in [-0.05, 0) is 79.3 Å². The third kappa shape index (κ3) is 4.50. The van der Waals surface area contributed by atoms with Gasteiger partial charge in [-0.15, -0.1) is 10.2 Å². The van der Waals surface area contributed by atoms with Crippen LogP contribution in [0.2, 0.25) is 0 Å². The van der Waals surface area contributed by atoms with Crippen LogP contribution in [-0.4, -0.2) is 21.4 Å². The normalized spacial score (nSPS) is 11.1. The largest absolute Gasteiger partial charge is 0.497 e. The van der Waals surface area contributed by atoms with E-state index in [0.29, 0.717) is 22.8 Å². The van der Waals surface area contributed by atoms with Gasteiger partial charge in [0.25, 0.3) is 5.56 Å². The van der Waals surface area contributed by atoms with Crippen molar-refractivity contribution in [2.24, 2.45) is 10.2 Å². The number of nitrogens with zero attached hydrogens (tertiary/aromatic N) is 4. The number of rotatable bonds is 5. The minimum absolute atomic E-state index is 0.0832. The van der Waals surface area contributed by atoms with E-state index in [4.69, 9.17) is 17.0 Å². The van der Waals surface area contributed by atoms with Gasteiger partial charge in [0.15, 0.2) is 4.77 Å². The van der Waals surface area contributed by atoms with Crippen LogP contribution in [0.5, 0.6) is 11.6 Å². The number of hydrogen-bond acceptors (Lipinski definition) is 6. The fourth-order valence-corrected chi connectivity index (χ4v) is 3.88. The quantitative estimate of drug-likeness (QED) is 0.237. The van der Waals surface area contributed by atoms with Gasteiger partial charge in [-0.3, -0.25) is 13.9 Å². The fourth-order valence-electron chi connectivity index (χ4n) is 3.23. The Morgan fingerprint density at radius 1 is 0.909 bits per heavy atom. The minimum Gasteiger partial charge on any atom is -0.497 e. The highest BCUT2D eigenvalue weighted by Crippen LogP contribution is 2.30. The van der Waals surface area contributed by atoms with Crippen LogP contribution in [-0.2, 0) is 0 Å². The molecule has 0 saturated heterocycles. The molecule has 9 heteroatoms. The smallest absolute Gasteiger partial charge is 0.290 e. The molecule has 0 aliphatic rings. The summed E-state index contributed by atoms with van der Waals surface area (Å²) in [5.41, 5.74) is 1.72. The second kappa shape index (κ2) is 9.51. The van der Waals surface area contributed by atoms with Crippen molar-refractivity contribution in [3.8, 4) is 23.0 Å². The predicted octanol–water partition coefficient (Wildman–Crippen LogP) is 6.56. The number of methoxy groups -OCH3 is 1. The Morgan fingerprint density at radius 2 is 1.52 bits per heavy atom. The lowest BCUT2D eigenvalue weighted by atomic mass is 10.2. The number of aryl methyl sites for hydroxylation is 1. The fraction of sp³-hybridized carbons (Fsp3) is 0.0833. The van der Waals surface area contributed by atoms with E-state index in [1.54, 1.807) is 49.6 Å². The SMILES string of the molecule is COc1ccc(-n2c(=O)c(N=Nc3ccccc3C)c(O)n(-c3ccc(Br)cc3)c2=S)cc1. The lowest BCUT2D eigenvalue weighted by molar-refractivity contribution is 0.414. The van der Waals surface area contributed by atoms with Gasteiger partial charge in [0.1, 0.15) is 5.75 Å². The van der Waals surface area contributed by atoms with Crippen LogP contribution < -0.4 is 10.3 Å². The third-order valence-corrected chi connectivity index (χ3v) is 5.89. The van der Waals surface area contributed by atoms with Crippen molar-refractivity contribution in [2.75, 3.05) is 7.11 Å². The van der Waals surface area contributed by atoms with E-state index in [2.05, 4.69) is 26.2 Å². The molecule has 1 heterocycles. The van der Waals surface area contributed by atoms with Crippen LogP contribution in [0.15, 0.2) is 92.3 Å². The number of halogens is 1. The summed E-state index contributed by atoms with van der Waals surface area (Å²) in [4.78, 5) is 13.4. The van der Waals surface area contributed by atoms with Gasteiger partial charge in [-0.25, -0.2) is 0 Å². The molecular weight excluding hydrogens is 504 g/mol. The molecule has 7 nitrogen and oxygen atoms in total. The molecule has 4 rings (SSSR count). The van der Waals surface area contributed by atoms with Gasteiger partial charge < -0.3 is 9.84 Å². The first kappa shape index (κ1) is 22.6. The molecule has 3 aromatic carbocycles. The van der Waals surface area contributed by atoms with Crippen LogP contribution in [0.3, 0.4) is 0 Å². The van der Waals surface area contributed by atoms with Crippen LogP contribution >= 0.6 is 28.1 Å². The van der Waals surface area contributed by atoms with Crippen LogP contribution in [0, 0.1) is 11.7 Å². The van der Waals surface area contributed by atoms with Crippen molar-refractivity contribution in [2.45, 2.75) is 6.92 Å². The third-order valence-electron chi connectivity index (χ3n) is 5.00. The van der Waals surface area contributed by atoms with Crippen molar-refractivity contribution in [1.29, 1.82) is 0 Å². The Morgan fingerprint density at radius 3 is 2.15 bits per heavy atom. The number of hydrogen-bond donors (Lipinski definition) is 1. The summed E-state index contributed by atoms with van der Waals surface area (Å²) < 4.78 is 8.86. The van der Waals surface area contributed by atoms with E-state index in [1.165, 1.54) is 9.13 Å². The highest BCUT2D eigenvalue weighted by molar-refractivity contribution is 9.10. The second-order valence-electron chi connectivity index (χ2n) is 7.09. The molecule has 0 atom stereocenters. The van der Waals surface area contributed by atoms with Crippen molar-refractivity contribution in [1.82, 2.24) is 9.13 Å². The molecule has 0 unspecified atom stereocenters. The first-order chi connectivity index (χ1) is 15.9. The molecule has 0 bridgehead atoms. The number of ether oxygens (including phenoxy) is 1. The van der Waals surface area contributed by atoms with Crippen molar-refractivity contribution < 1.29 is 9.84 Å². The Kier molecular flexibility index (Phi) is 6.52. The number of aromatic nitrogens is 2. The molecule has 4 aromatic rings. The van der Waals surface area contributed by atoms with E-state index in [0.717, 1.165) is 10.0 Å². The van der Waals surface area contributed by atoms with E-state index in [9.17, 15) is 9.90 Å². The summed E-state index contributed by atoms with van der Waals surface area (Å²) in [5, 5.41) is 19.4. The lowest BCUT2D eigenvalue weighted by Crippen LogP contribution is -2.23. The van der Waals surface area contributed by atoms with E-state index in [1.807, 2.05) is 37.3 Å². The zero-order valence-corrected chi connectivity index (χ0v) is 20.2. The molecule has 1 N–H and O–H groups in total. The summed E-state index contributed by atoms with van der Waals surface area (Å²) in [6, 6.07) is 21.4. The van der Waals surface area contributed by atoms with Gasteiger partial charge in [-0.1, -0.05) is 34.1 Å². The predicted molar refractivity (Wildman–Crippen MR) is 133 cm³/mol. The minimum atomic E-state index is -0.589. The molecule has 0 saturated carbocycles. The average molecular weight is 523 g/mol. The molecule has 33 heavy (non-hydrogen) atoms. The molecule has 0 fully saturated rings. The Labute approximate surface area is 203 Å². The second-order valence-corrected chi connectivity index (χ2v) is 8.37. The number of azo groups is 1. The van der Waals surface area contributed by atoms with Gasteiger partial charge in [0, 0.05) is 4.47 Å². The van der Waals surface area contributed by atoms with Gasteiger partial charge in [-0.2, -0.15) is 0 Å². The Bertz CT molecular complexity index is 1460. The molecule has 0 aliphatic heterocycles. The maximum Gasteiger partial charge on any atom is 0.290 e. The molecule has 0 spiro atoms. The highest BCUT2D eigenvalue weighted by atomic mass is 79.9. The average Bonchev–Trinajstić information content (AvgIpc) is 2.82. The molecular formula is C24H19BrN4O3S. The van der Waals surface area contributed by atoms with Gasteiger partial charge in [0.2, 0.25) is 11.6 Å². The summed E-state index contributed by atoms with van der Waals surface area (Å²) in [7, 11) is 1.56. The van der Waals surface area contributed by atoms with Crippen LogP contribution in [0.1, 0.15) is 5.56 Å². The number of aromatic hydroxyl groups is 1. The van der Waals surface area contributed by atoms with E-state index >= 15 is 0 Å².